The predicted octanol–water partition coefficient (Wildman–Crippen LogP) is 4.19. The first-order chi connectivity index (χ1) is 7.92. The zero-order valence-corrected chi connectivity index (χ0v) is 11.2. The third-order valence-electron chi connectivity index (χ3n) is 4.39. The Morgan fingerprint density at radius 2 is 1.44 bits per heavy atom. The van der Waals surface area contributed by atoms with E-state index in [1.165, 1.54) is 70.8 Å². The molecule has 1 saturated heterocycles. The Balaban J connectivity index is 1.96. The first kappa shape index (κ1) is 12.7. The van der Waals surface area contributed by atoms with E-state index in [0.29, 0.717) is 6.04 Å². The van der Waals surface area contributed by atoms with E-state index in [-0.39, 0.29) is 0 Å². The molecule has 1 atom stereocenters. The van der Waals surface area contributed by atoms with Gasteiger partial charge in [0, 0.05) is 18.0 Å². The van der Waals surface area contributed by atoms with E-state index >= 15 is 0 Å². The predicted molar refractivity (Wildman–Crippen MR) is 71.2 cm³/mol. The highest BCUT2D eigenvalue weighted by Gasteiger charge is 2.27. The Labute approximate surface area is 106 Å². The van der Waals surface area contributed by atoms with Gasteiger partial charge in [-0.3, -0.25) is 4.90 Å². The van der Waals surface area contributed by atoms with Crippen LogP contribution >= 0.6 is 11.6 Å². The van der Waals surface area contributed by atoms with Crippen molar-refractivity contribution in [2.24, 2.45) is 0 Å². The van der Waals surface area contributed by atoms with Gasteiger partial charge in [0.05, 0.1) is 0 Å². The molecular weight excluding hydrogens is 218 g/mol. The molecule has 94 valence electrons. The van der Waals surface area contributed by atoms with Gasteiger partial charge in [-0.2, -0.15) is 0 Å². The van der Waals surface area contributed by atoms with Crippen LogP contribution in [0.25, 0.3) is 0 Å². The number of rotatable bonds is 2. The van der Waals surface area contributed by atoms with Crippen molar-refractivity contribution < 1.29 is 0 Å². The second-order valence-corrected chi connectivity index (χ2v) is 5.85. The topological polar surface area (TPSA) is 3.24 Å². The van der Waals surface area contributed by atoms with Crippen LogP contribution in [-0.2, 0) is 0 Å². The largest absolute Gasteiger partial charge is 0.296 e. The molecule has 2 rings (SSSR count). The molecule has 2 aliphatic rings. The van der Waals surface area contributed by atoms with Crippen LogP contribution in [0, 0.1) is 0 Å². The van der Waals surface area contributed by atoms with E-state index in [1.807, 2.05) is 0 Å². The molecule has 1 unspecified atom stereocenters. The van der Waals surface area contributed by atoms with Crippen molar-refractivity contribution in [3.05, 3.63) is 0 Å². The van der Waals surface area contributed by atoms with Crippen molar-refractivity contribution >= 4 is 11.6 Å². The van der Waals surface area contributed by atoms with Crippen LogP contribution in [0.1, 0.15) is 64.2 Å². The van der Waals surface area contributed by atoms with Gasteiger partial charge >= 0.3 is 0 Å². The number of halogens is 1. The number of hydrogen-bond donors (Lipinski definition) is 0. The molecule has 0 spiro atoms. The average Bonchev–Trinajstić information content (AvgIpc) is 2.70. The minimum atomic E-state index is 0.673. The van der Waals surface area contributed by atoms with Crippen LogP contribution < -0.4 is 0 Å². The summed E-state index contributed by atoms with van der Waals surface area (Å²) in [5.41, 5.74) is 0. The maximum Gasteiger partial charge on any atom is 0.0379 e. The summed E-state index contributed by atoms with van der Waals surface area (Å²) in [6.45, 7) is 1.31. The van der Waals surface area contributed by atoms with Gasteiger partial charge in [0.1, 0.15) is 0 Å². The summed E-state index contributed by atoms with van der Waals surface area (Å²) >= 11 is 6.17. The molecule has 2 heteroatoms. The lowest BCUT2D eigenvalue weighted by Gasteiger charge is -2.36. The molecule has 1 aliphatic heterocycles. The lowest BCUT2D eigenvalue weighted by atomic mass is 10.0. The van der Waals surface area contributed by atoms with Crippen LogP contribution in [0.15, 0.2) is 0 Å². The molecular formula is C14H26ClN. The van der Waals surface area contributed by atoms with E-state index in [0.717, 1.165) is 11.9 Å². The average molecular weight is 244 g/mol. The zero-order valence-electron chi connectivity index (χ0n) is 10.5. The minimum absolute atomic E-state index is 0.673. The van der Waals surface area contributed by atoms with Crippen molar-refractivity contribution in [1.29, 1.82) is 0 Å². The fourth-order valence-electron chi connectivity index (χ4n) is 3.44. The van der Waals surface area contributed by atoms with Gasteiger partial charge in [0.25, 0.3) is 0 Å². The molecule has 1 nitrogen and oxygen atoms in total. The van der Waals surface area contributed by atoms with Crippen LogP contribution in [0.3, 0.4) is 0 Å². The fourth-order valence-corrected chi connectivity index (χ4v) is 3.77. The normalized spacial score (nSPS) is 30.9. The first-order valence-electron chi connectivity index (χ1n) is 7.23. The molecule has 0 N–H and O–H groups in total. The zero-order chi connectivity index (χ0) is 11.2. The summed E-state index contributed by atoms with van der Waals surface area (Å²) in [6, 6.07) is 1.52. The lowest BCUT2D eigenvalue weighted by molar-refractivity contribution is 0.135. The molecule has 0 amide bonds. The maximum absolute atomic E-state index is 6.17. The van der Waals surface area contributed by atoms with E-state index in [9.17, 15) is 0 Å². The van der Waals surface area contributed by atoms with Crippen LogP contribution in [0.2, 0.25) is 0 Å². The van der Waals surface area contributed by atoms with Gasteiger partial charge in [-0.05, 0) is 32.2 Å². The lowest BCUT2D eigenvalue weighted by Crippen LogP contribution is -2.43. The van der Waals surface area contributed by atoms with Gasteiger partial charge in [-0.15, -0.1) is 11.6 Å². The van der Waals surface area contributed by atoms with Gasteiger partial charge in [0.2, 0.25) is 0 Å². The molecule has 1 heterocycles. The quantitative estimate of drug-likeness (QED) is 0.519. The van der Waals surface area contributed by atoms with E-state index in [1.54, 1.807) is 0 Å². The maximum atomic E-state index is 6.17. The van der Waals surface area contributed by atoms with Crippen molar-refractivity contribution in [1.82, 2.24) is 4.90 Å². The van der Waals surface area contributed by atoms with Gasteiger partial charge < -0.3 is 0 Å². The molecule has 0 aromatic rings. The van der Waals surface area contributed by atoms with Gasteiger partial charge in [-0.1, -0.05) is 38.5 Å². The Morgan fingerprint density at radius 1 is 0.812 bits per heavy atom. The van der Waals surface area contributed by atoms with Crippen molar-refractivity contribution in [3.8, 4) is 0 Å². The summed E-state index contributed by atoms with van der Waals surface area (Å²) in [5.74, 6) is 0.844. The molecule has 1 aliphatic carbocycles. The Kier molecular flexibility index (Phi) is 5.44. The minimum Gasteiger partial charge on any atom is -0.296 e. The molecule has 1 saturated carbocycles. The highest BCUT2D eigenvalue weighted by molar-refractivity contribution is 6.18. The summed E-state index contributed by atoms with van der Waals surface area (Å²) < 4.78 is 0. The van der Waals surface area contributed by atoms with Crippen molar-refractivity contribution in [3.63, 3.8) is 0 Å². The Hall–Kier alpha value is 0.250. The number of nitrogens with zero attached hydrogens (tertiary/aromatic N) is 1. The number of alkyl halides is 1. The number of likely N-dealkylation sites (tertiary alicyclic amines) is 1. The van der Waals surface area contributed by atoms with Crippen LogP contribution in [-0.4, -0.2) is 29.4 Å². The Bertz CT molecular complexity index is 187. The van der Waals surface area contributed by atoms with Crippen LogP contribution in [0.5, 0.6) is 0 Å². The van der Waals surface area contributed by atoms with Crippen LogP contribution in [0.4, 0.5) is 0 Å². The summed E-state index contributed by atoms with van der Waals surface area (Å²) in [4.78, 5) is 2.77. The second-order valence-electron chi connectivity index (χ2n) is 5.54. The third-order valence-corrected chi connectivity index (χ3v) is 4.75. The molecule has 0 aromatic carbocycles. The van der Waals surface area contributed by atoms with Gasteiger partial charge in [-0.25, -0.2) is 0 Å². The standard InChI is InChI=1S/C14H26ClN/c15-12-14-10-6-3-7-11-16(14)13-8-4-1-2-5-9-13/h13-14H,1-12H2. The third kappa shape index (κ3) is 3.37. The van der Waals surface area contributed by atoms with E-state index in [4.69, 9.17) is 11.6 Å². The Morgan fingerprint density at radius 3 is 2.12 bits per heavy atom. The second kappa shape index (κ2) is 6.86. The smallest absolute Gasteiger partial charge is 0.0379 e. The molecule has 2 fully saturated rings. The van der Waals surface area contributed by atoms with Crippen molar-refractivity contribution in [2.45, 2.75) is 76.3 Å². The highest BCUT2D eigenvalue weighted by Crippen LogP contribution is 2.27. The molecule has 16 heavy (non-hydrogen) atoms. The van der Waals surface area contributed by atoms with Gasteiger partial charge in [0.15, 0.2) is 0 Å². The SMILES string of the molecule is ClCC1CCCCCN1C1CCCCCC1. The fraction of sp³-hybridized carbons (Fsp3) is 1.00. The van der Waals surface area contributed by atoms with Crippen molar-refractivity contribution in [2.75, 3.05) is 12.4 Å². The number of hydrogen-bond acceptors (Lipinski definition) is 1. The summed E-state index contributed by atoms with van der Waals surface area (Å²) in [6.07, 6.45) is 14.2. The monoisotopic (exact) mass is 243 g/mol. The molecule has 0 bridgehead atoms. The summed E-state index contributed by atoms with van der Waals surface area (Å²) in [7, 11) is 0. The highest BCUT2D eigenvalue weighted by atomic mass is 35.5. The van der Waals surface area contributed by atoms with E-state index < -0.39 is 0 Å². The van der Waals surface area contributed by atoms with E-state index in [2.05, 4.69) is 4.90 Å². The molecule has 0 aromatic heterocycles. The first-order valence-corrected chi connectivity index (χ1v) is 7.77. The summed E-state index contributed by atoms with van der Waals surface area (Å²) in [5, 5.41) is 0. The molecule has 0 radical (unpaired) electrons.